The molecular formula is C20H15NO5. The predicted octanol–water partition coefficient (Wildman–Crippen LogP) is 4.04. The highest BCUT2D eigenvalue weighted by Gasteiger charge is 2.11. The van der Waals surface area contributed by atoms with Gasteiger partial charge in [0.15, 0.2) is 5.76 Å². The predicted molar refractivity (Wildman–Crippen MR) is 95.3 cm³/mol. The van der Waals surface area contributed by atoms with E-state index in [1.165, 1.54) is 6.07 Å². The van der Waals surface area contributed by atoms with Gasteiger partial charge in [0.05, 0.1) is 7.11 Å². The van der Waals surface area contributed by atoms with Gasteiger partial charge in [0.2, 0.25) is 0 Å². The van der Waals surface area contributed by atoms with Gasteiger partial charge >= 0.3 is 5.63 Å². The van der Waals surface area contributed by atoms with Gasteiger partial charge < -0.3 is 18.4 Å². The van der Waals surface area contributed by atoms with Gasteiger partial charge in [-0.05, 0) is 36.4 Å². The molecule has 0 N–H and O–H groups in total. The van der Waals surface area contributed by atoms with Gasteiger partial charge in [-0.15, -0.1) is 0 Å². The Balaban J connectivity index is 1.51. The summed E-state index contributed by atoms with van der Waals surface area (Å²) in [4.78, 5) is 11.2. The zero-order valence-corrected chi connectivity index (χ0v) is 14.0. The molecule has 0 unspecified atom stereocenters. The summed E-state index contributed by atoms with van der Waals surface area (Å²) in [6.45, 7) is 0.227. The summed E-state index contributed by atoms with van der Waals surface area (Å²) in [5.41, 5.74) is 1.67. The molecule has 0 aliphatic heterocycles. The Bertz CT molecular complexity index is 1110. The highest BCUT2D eigenvalue weighted by atomic mass is 16.5. The highest BCUT2D eigenvalue weighted by Crippen LogP contribution is 2.29. The minimum absolute atomic E-state index is 0.227. The Labute approximate surface area is 148 Å². The third-order valence-electron chi connectivity index (χ3n) is 3.91. The first kappa shape index (κ1) is 16.0. The van der Waals surface area contributed by atoms with Crippen LogP contribution in [-0.2, 0) is 6.61 Å². The topological polar surface area (TPSA) is 74.7 Å². The largest absolute Gasteiger partial charge is 0.496 e. The van der Waals surface area contributed by atoms with Crippen LogP contribution in [0.3, 0.4) is 0 Å². The van der Waals surface area contributed by atoms with Crippen molar-refractivity contribution in [3.05, 3.63) is 76.8 Å². The molecule has 2 aromatic carbocycles. The lowest BCUT2D eigenvalue weighted by Gasteiger charge is -2.04. The zero-order valence-electron chi connectivity index (χ0n) is 14.0. The van der Waals surface area contributed by atoms with Gasteiger partial charge in [-0.2, -0.15) is 0 Å². The second kappa shape index (κ2) is 6.76. The van der Waals surface area contributed by atoms with Crippen molar-refractivity contribution in [2.45, 2.75) is 6.61 Å². The Hall–Kier alpha value is -3.54. The SMILES string of the molecule is COc1ccccc1-c1cc(COc2ccc3oc(=O)ccc3c2)on1. The standard InChI is InChI=1S/C20H15NO5/c1-23-19-5-3-2-4-16(19)17-11-15(26-21-17)12-24-14-7-8-18-13(10-14)6-9-20(22)25-18/h2-11H,12H2,1H3. The van der Waals surface area contributed by atoms with E-state index in [0.29, 0.717) is 22.8 Å². The number of rotatable bonds is 5. The van der Waals surface area contributed by atoms with Gasteiger partial charge in [-0.1, -0.05) is 17.3 Å². The maximum absolute atomic E-state index is 11.2. The lowest BCUT2D eigenvalue weighted by atomic mass is 10.1. The summed E-state index contributed by atoms with van der Waals surface area (Å²) in [6, 6.07) is 17.7. The molecular weight excluding hydrogens is 334 g/mol. The van der Waals surface area contributed by atoms with Crippen molar-refractivity contribution in [3.63, 3.8) is 0 Å². The van der Waals surface area contributed by atoms with Crippen LogP contribution in [0.25, 0.3) is 22.2 Å². The van der Waals surface area contributed by atoms with Crippen molar-refractivity contribution in [1.82, 2.24) is 5.16 Å². The number of hydrogen-bond acceptors (Lipinski definition) is 6. The Morgan fingerprint density at radius 3 is 2.81 bits per heavy atom. The molecule has 0 bridgehead atoms. The third kappa shape index (κ3) is 3.17. The van der Waals surface area contributed by atoms with Gasteiger partial charge in [0, 0.05) is 23.1 Å². The van der Waals surface area contributed by atoms with Crippen molar-refractivity contribution in [2.24, 2.45) is 0 Å². The number of nitrogens with zero attached hydrogens (tertiary/aromatic N) is 1. The van der Waals surface area contributed by atoms with E-state index < -0.39 is 0 Å². The average molecular weight is 349 g/mol. The summed E-state index contributed by atoms with van der Waals surface area (Å²) < 4.78 is 21.6. The van der Waals surface area contributed by atoms with Crippen molar-refractivity contribution >= 4 is 11.0 Å². The molecule has 0 aliphatic carbocycles. The fraction of sp³-hybridized carbons (Fsp3) is 0.100. The molecule has 6 nitrogen and oxygen atoms in total. The van der Waals surface area contributed by atoms with Crippen molar-refractivity contribution in [1.29, 1.82) is 0 Å². The van der Waals surface area contributed by atoms with E-state index in [1.807, 2.05) is 30.3 Å². The molecule has 4 aromatic rings. The van der Waals surface area contributed by atoms with Crippen LogP contribution in [0.2, 0.25) is 0 Å². The van der Waals surface area contributed by atoms with E-state index in [-0.39, 0.29) is 12.2 Å². The molecule has 0 fully saturated rings. The molecule has 0 aliphatic rings. The van der Waals surface area contributed by atoms with Crippen LogP contribution in [0, 0.1) is 0 Å². The molecule has 0 radical (unpaired) electrons. The second-order valence-electron chi connectivity index (χ2n) is 5.62. The average Bonchev–Trinajstić information content (AvgIpc) is 3.15. The molecule has 130 valence electrons. The highest BCUT2D eigenvalue weighted by molar-refractivity contribution is 5.77. The minimum atomic E-state index is -0.378. The van der Waals surface area contributed by atoms with Crippen LogP contribution in [0.15, 0.2) is 74.4 Å². The Kier molecular flexibility index (Phi) is 4.15. The van der Waals surface area contributed by atoms with Crippen molar-refractivity contribution < 1.29 is 18.4 Å². The minimum Gasteiger partial charge on any atom is -0.496 e. The molecule has 0 atom stereocenters. The molecule has 0 amide bonds. The Morgan fingerprint density at radius 1 is 1.04 bits per heavy atom. The number of aromatic nitrogens is 1. The number of ether oxygens (including phenoxy) is 2. The van der Waals surface area contributed by atoms with Crippen LogP contribution in [-0.4, -0.2) is 12.3 Å². The smallest absolute Gasteiger partial charge is 0.336 e. The number of hydrogen-bond donors (Lipinski definition) is 0. The lowest BCUT2D eigenvalue weighted by molar-refractivity contribution is 0.250. The summed E-state index contributed by atoms with van der Waals surface area (Å²) in [6.07, 6.45) is 0. The molecule has 0 saturated carbocycles. The van der Waals surface area contributed by atoms with Gasteiger partial charge in [0.25, 0.3) is 0 Å². The molecule has 26 heavy (non-hydrogen) atoms. The maximum atomic E-state index is 11.2. The lowest BCUT2D eigenvalue weighted by Crippen LogP contribution is -1.96. The van der Waals surface area contributed by atoms with Gasteiger partial charge in [-0.3, -0.25) is 0 Å². The normalized spacial score (nSPS) is 10.8. The van der Waals surface area contributed by atoms with E-state index in [1.54, 1.807) is 31.4 Å². The molecule has 0 spiro atoms. The molecule has 0 saturated heterocycles. The Morgan fingerprint density at radius 2 is 1.92 bits per heavy atom. The molecule has 2 aromatic heterocycles. The van der Waals surface area contributed by atoms with Gasteiger partial charge in [0.1, 0.15) is 29.4 Å². The maximum Gasteiger partial charge on any atom is 0.336 e. The van der Waals surface area contributed by atoms with E-state index in [9.17, 15) is 4.79 Å². The number of benzene rings is 2. The number of para-hydroxylation sites is 1. The zero-order chi connectivity index (χ0) is 17.9. The molecule has 6 heteroatoms. The van der Waals surface area contributed by atoms with Crippen molar-refractivity contribution in [2.75, 3.05) is 7.11 Å². The monoisotopic (exact) mass is 349 g/mol. The molecule has 2 heterocycles. The van der Waals surface area contributed by atoms with Crippen LogP contribution in [0.1, 0.15) is 5.76 Å². The van der Waals surface area contributed by atoms with Gasteiger partial charge in [-0.25, -0.2) is 4.79 Å². The van der Waals surface area contributed by atoms with E-state index >= 15 is 0 Å². The fourth-order valence-electron chi connectivity index (χ4n) is 2.66. The summed E-state index contributed by atoms with van der Waals surface area (Å²) in [7, 11) is 1.62. The first-order valence-electron chi connectivity index (χ1n) is 7.98. The van der Waals surface area contributed by atoms with Crippen LogP contribution in [0.4, 0.5) is 0 Å². The number of methoxy groups -OCH3 is 1. The summed E-state index contributed by atoms with van der Waals surface area (Å²) in [5, 5.41) is 4.87. The van der Waals surface area contributed by atoms with Crippen molar-refractivity contribution in [3.8, 4) is 22.8 Å². The van der Waals surface area contributed by atoms with E-state index in [2.05, 4.69) is 5.16 Å². The van der Waals surface area contributed by atoms with E-state index in [4.69, 9.17) is 18.4 Å². The number of fused-ring (bicyclic) bond motifs is 1. The fourth-order valence-corrected chi connectivity index (χ4v) is 2.66. The first-order chi connectivity index (χ1) is 12.7. The van der Waals surface area contributed by atoms with E-state index in [0.717, 1.165) is 16.7 Å². The van der Waals surface area contributed by atoms with Crippen LogP contribution in [0.5, 0.6) is 11.5 Å². The van der Waals surface area contributed by atoms with Crippen LogP contribution >= 0.6 is 0 Å². The summed E-state index contributed by atoms with van der Waals surface area (Å²) >= 11 is 0. The first-order valence-corrected chi connectivity index (χ1v) is 7.98. The second-order valence-corrected chi connectivity index (χ2v) is 5.62. The van der Waals surface area contributed by atoms with Crippen LogP contribution < -0.4 is 15.1 Å². The quantitative estimate of drug-likeness (QED) is 0.506. The third-order valence-corrected chi connectivity index (χ3v) is 3.91. The molecule has 4 rings (SSSR count). The summed E-state index contributed by atoms with van der Waals surface area (Å²) in [5.74, 6) is 1.96.